The quantitative estimate of drug-likeness (QED) is 0.115. The molecule has 9 rings (SSSR count). The highest BCUT2D eigenvalue weighted by Crippen LogP contribution is 2.56. The highest BCUT2D eigenvalue weighted by atomic mass is 16.7. The average molecular weight is 867 g/mol. The summed E-state index contributed by atoms with van der Waals surface area (Å²) < 4.78 is 41.1. The predicted molar refractivity (Wildman–Crippen MR) is 221 cm³/mol. The molecule has 20 heteroatoms. The van der Waals surface area contributed by atoms with Gasteiger partial charge in [0.1, 0.15) is 6.10 Å². The number of carbonyl (C=O) groups excluding carboxylic acids is 3. The molecule has 328 valence electrons. The summed E-state index contributed by atoms with van der Waals surface area (Å²) in [6.45, 7) is 3.15. The number of carbonyl (C=O) groups is 3. The zero-order valence-electron chi connectivity index (χ0n) is 34.2. The van der Waals surface area contributed by atoms with Gasteiger partial charge in [-0.2, -0.15) is 0 Å². The molecule has 0 aromatic heterocycles. The third kappa shape index (κ3) is 7.72. The van der Waals surface area contributed by atoms with Gasteiger partial charge in [-0.1, -0.05) is 0 Å². The van der Waals surface area contributed by atoms with Crippen LogP contribution in [0.15, 0.2) is 72.8 Å². The van der Waals surface area contributed by atoms with Gasteiger partial charge in [0.25, 0.3) is 11.4 Å². The van der Waals surface area contributed by atoms with E-state index < -0.39 is 51.9 Å². The molecule has 0 bridgehead atoms. The molecule has 0 unspecified atom stereocenters. The van der Waals surface area contributed by atoms with Gasteiger partial charge < -0.3 is 52.8 Å². The number of fused-ring (bicyclic) bond motifs is 3. The summed E-state index contributed by atoms with van der Waals surface area (Å²) in [4.78, 5) is 69.9. The number of amides is 2. The van der Waals surface area contributed by atoms with Crippen molar-refractivity contribution in [3.05, 3.63) is 110 Å². The van der Waals surface area contributed by atoms with Gasteiger partial charge in [-0.25, -0.2) is 9.59 Å². The largest absolute Gasteiger partial charge is 0.493 e. The van der Waals surface area contributed by atoms with E-state index in [2.05, 4.69) is 0 Å². The molecule has 4 aromatic carbocycles. The van der Waals surface area contributed by atoms with Gasteiger partial charge in [0.2, 0.25) is 12.5 Å². The smallest absolute Gasteiger partial charge is 0.415 e. The maximum atomic E-state index is 13.9. The number of nitrogens with zero attached hydrogens (tertiary/aromatic N) is 6. The molecular weight excluding hydrogens is 825 g/mol. The molecule has 4 atom stereocenters. The summed E-state index contributed by atoms with van der Waals surface area (Å²) in [6, 6.07) is 19.5. The van der Waals surface area contributed by atoms with Crippen LogP contribution < -0.4 is 33.5 Å². The Balaban J connectivity index is 0.953. The monoisotopic (exact) mass is 866 g/mol. The molecule has 2 amide bonds. The number of methoxy groups -OCH3 is 2. The zero-order chi connectivity index (χ0) is 43.9. The van der Waals surface area contributed by atoms with Crippen LogP contribution in [-0.2, 0) is 14.3 Å². The van der Waals surface area contributed by atoms with Crippen LogP contribution in [0, 0.1) is 32.1 Å². The van der Waals surface area contributed by atoms with E-state index in [-0.39, 0.29) is 42.0 Å². The minimum atomic E-state index is -0.896. The minimum Gasteiger partial charge on any atom is -0.493 e. The fourth-order valence-corrected chi connectivity index (χ4v) is 9.04. The van der Waals surface area contributed by atoms with E-state index in [1.807, 2.05) is 9.80 Å². The fourth-order valence-electron chi connectivity index (χ4n) is 9.04. The molecule has 4 aliphatic heterocycles. The number of anilines is 2. The summed E-state index contributed by atoms with van der Waals surface area (Å²) in [6.07, 6.45) is -2.09. The molecule has 3 fully saturated rings. The van der Waals surface area contributed by atoms with Crippen LogP contribution in [0.25, 0.3) is 0 Å². The summed E-state index contributed by atoms with van der Waals surface area (Å²) in [7, 11) is 2.86. The third-order valence-corrected chi connectivity index (χ3v) is 12.3. The van der Waals surface area contributed by atoms with Crippen molar-refractivity contribution < 1.29 is 57.4 Å². The maximum absolute atomic E-state index is 13.9. The number of cyclic esters (lactones) is 1. The van der Waals surface area contributed by atoms with Crippen LogP contribution >= 0.6 is 0 Å². The van der Waals surface area contributed by atoms with E-state index in [4.69, 9.17) is 33.2 Å². The van der Waals surface area contributed by atoms with Gasteiger partial charge in [0.15, 0.2) is 23.0 Å². The summed E-state index contributed by atoms with van der Waals surface area (Å²) in [5.74, 6) is -1.26. The first-order chi connectivity index (χ1) is 30.5. The lowest BCUT2D eigenvalue weighted by Gasteiger charge is -2.40. The van der Waals surface area contributed by atoms with Crippen molar-refractivity contribution in [2.75, 3.05) is 89.8 Å². The van der Waals surface area contributed by atoms with Gasteiger partial charge in [0.05, 0.1) is 36.6 Å². The number of esters is 1. The zero-order valence-corrected chi connectivity index (χ0v) is 34.2. The average Bonchev–Trinajstić information content (AvgIpc) is 3.94. The number of piperazine rings is 2. The van der Waals surface area contributed by atoms with Crippen LogP contribution in [0.2, 0.25) is 0 Å². The number of non-ortho nitro benzene ring substituents is 2. The third-order valence-electron chi connectivity index (χ3n) is 12.3. The van der Waals surface area contributed by atoms with Crippen LogP contribution in [0.5, 0.6) is 28.7 Å². The second kappa shape index (κ2) is 16.7. The topological polar surface area (TPSA) is 215 Å². The van der Waals surface area contributed by atoms with Crippen molar-refractivity contribution in [2.24, 2.45) is 11.8 Å². The van der Waals surface area contributed by atoms with Crippen molar-refractivity contribution >= 4 is 40.9 Å². The van der Waals surface area contributed by atoms with E-state index in [9.17, 15) is 34.6 Å². The van der Waals surface area contributed by atoms with E-state index in [0.29, 0.717) is 80.5 Å². The molecule has 0 saturated carbocycles. The Morgan fingerprint density at radius 2 is 1.16 bits per heavy atom. The van der Waals surface area contributed by atoms with E-state index in [0.717, 1.165) is 11.4 Å². The normalized spacial score (nSPS) is 21.2. The van der Waals surface area contributed by atoms with Crippen molar-refractivity contribution in [1.29, 1.82) is 0 Å². The molecule has 0 N–H and O–H groups in total. The number of nitro groups is 2. The van der Waals surface area contributed by atoms with Crippen molar-refractivity contribution in [3.8, 4) is 28.7 Å². The van der Waals surface area contributed by atoms with Crippen LogP contribution in [-0.4, -0.2) is 118 Å². The first kappa shape index (κ1) is 40.9. The lowest BCUT2D eigenvalue weighted by molar-refractivity contribution is -0.385. The Bertz CT molecular complexity index is 2430. The highest BCUT2D eigenvalue weighted by molar-refractivity contribution is 5.80. The lowest BCUT2D eigenvalue weighted by Crippen LogP contribution is -2.49. The molecule has 4 heterocycles. The summed E-state index contributed by atoms with van der Waals surface area (Å²) in [5, 5.41) is 22.2. The fraction of sp³-hybridized carbons (Fsp3) is 0.372. The SMILES string of the molecule is COc1cc([C@@H]2c3cc4c(cc3[C@@H](OC(=O)N3CCN(c5ccc([N+](=O)[O-])cc5)CC3)[C@H]3COC(=O)[C@H]23)OCO4)cc(OC)c1OC(=O)N1CCN(c2ccc([N+](=O)[O-])cc2)CC1. The van der Waals surface area contributed by atoms with Gasteiger partial charge >= 0.3 is 18.2 Å². The number of hydrogen-bond donors (Lipinski definition) is 0. The first-order valence-electron chi connectivity index (χ1n) is 20.3. The van der Waals surface area contributed by atoms with Crippen molar-refractivity contribution in [1.82, 2.24) is 9.80 Å². The van der Waals surface area contributed by atoms with Crippen LogP contribution in [0.1, 0.15) is 28.7 Å². The number of rotatable bonds is 9. The molecule has 63 heavy (non-hydrogen) atoms. The lowest BCUT2D eigenvalue weighted by atomic mass is 9.66. The minimum absolute atomic E-state index is 0.00518. The van der Waals surface area contributed by atoms with Gasteiger partial charge in [-0.3, -0.25) is 25.0 Å². The second-order valence-electron chi connectivity index (χ2n) is 15.6. The predicted octanol–water partition coefficient (Wildman–Crippen LogP) is 5.50. The first-order valence-corrected chi connectivity index (χ1v) is 20.3. The second-order valence-corrected chi connectivity index (χ2v) is 15.6. The number of nitro benzene ring substituents is 2. The van der Waals surface area contributed by atoms with Gasteiger partial charge in [0, 0.05) is 105 Å². The van der Waals surface area contributed by atoms with E-state index in [1.165, 1.54) is 38.5 Å². The number of ether oxygens (including phenoxy) is 7. The molecule has 0 radical (unpaired) electrons. The van der Waals surface area contributed by atoms with Crippen molar-refractivity contribution in [3.63, 3.8) is 0 Å². The van der Waals surface area contributed by atoms with E-state index in [1.54, 1.807) is 58.3 Å². The van der Waals surface area contributed by atoms with Gasteiger partial charge in [-0.05, 0) is 59.7 Å². The van der Waals surface area contributed by atoms with Crippen LogP contribution in [0.3, 0.4) is 0 Å². The molecule has 5 aliphatic rings. The molecular formula is C43H42N6O14. The van der Waals surface area contributed by atoms with Crippen molar-refractivity contribution in [2.45, 2.75) is 12.0 Å². The molecule has 3 saturated heterocycles. The molecule has 0 spiro atoms. The Morgan fingerprint density at radius 1 is 0.667 bits per heavy atom. The summed E-state index contributed by atoms with van der Waals surface area (Å²) >= 11 is 0. The molecule has 20 nitrogen and oxygen atoms in total. The van der Waals surface area contributed by atoms with Gasteiger partial charge in [-0.15, -0.1) is 0 Å². The summed E-state index contributed by atoms with van der Waals surface area (Å²) in [5.41, 5.74) is 3.43. The number of hydrogen-bond acceptors (Lipinski definition) is 16. The maximum Gasteiger partial charge on any atom is 0.415 e. The van der Waals surface area contributed by atoms with E-state index >= 15 is 0 Å². The van der Waals surface area contributed by atoms with Crippen LogP contribution in [0.4, 0.5) is 32.3 Å². The Morgan fingerprint density at radius 3 is 1.65 bits per heavy atom. The molecule has 4 aromatic rings. The standard InChI is InChI=1S/C43H42N6O14/c1-57-35-19-25(20-36(58-2)40(35)63-43(52)47-17-13-45(14-18-47)27-5-9-29(10-6-27)49(55)56)37-30-21-33-34(61-24-60-33)22-31(30)39(32-23-59-41(50)38(32)37)62-42(51)46-15-11-44(12-16-46)26-3-7-28(8-4-26)48(53)54/h3-10,19-22,32,37-39H,11-18,23-24H2,1-2H3/t32-,37+,38-,39+/m0/s1. The highest BCUT2D eigenvalue weighted by Gasteiger charge is 2.54. The Labute approximate surface area is 359 Å². The number of benzene rings is 4. The molecule has 1 aliphatic carbocycles. The Hall–Kier alpha value is -7.51. The Kier molecular flexibility index (Phi) is 10.9.